The fraction of sp³-hybridized carbons (Fsp3) is 0.320. The Balaban J connectivity index is 0.00000231. The summed E-state index contributed by atoms with van der Waals surface area (Å²) in [6, 6.07) is 16.5. The number of aromatic nitrogens is 1. The number of hydrogen-bond donors (Lipinski definition) is 1. The molecule has 2 bridgehead atoms. The molecule has 0 aliphatic carbocycles. The third-order valence-electron chi connectivity index (χ3n) is 6.69. The van der Waals surface area contributed by atoms with E-state index < -0.39 is 0 Å². The molecule has 2 aliphatic heterocycles. The summed E-state index contributed by atoms with van der Waals surface area (Å²) in [5, 5.41) is 1.88. The van der Waals surface area contributed by atoms with Gasteiger partial charge in [-0.15, -0.1) is 12.4 Å². The third-order valence-corrected chi connectivity index (χ3v) is 6.94. The van der Waals surface area contributed by atoms with Crippen LogP contribution in [0.5, 0.6) is 0 Å². The smallest absolute Gasteiger partial charge is 0.258 e. The number of nitrogens with one attached hydrogen (secondary N) is 1. The highest BCUT2D eigenvalue weighted by atomic mass is 35.5. The van der Waals surface area contributed by atoms with E-state index in [4.69, 9.17) is 11.6 Å². The van der Waals surface area contributed by atoms with Crippen LogP contribution in [-0.2, 0) is 6.42 Å². The fourth-order valence-electron chi connectivity index (χ4n) is 4.91. The van der Waals surface area contributed by atoms with E-state index in [-0.39, 0.29) is 18.3 Å². The largest absolute Gasteiger partial charge is 0.361 e. The molecule has 5 rings (SSSR count). The maximum Gasteiger partial charge on any atom is 0.258 e. The zero-order valence-corrected chi connectivity index (χ0v) is 19.1. The predicted molar refractivity (Wildman–Crippen MR) is 129 cm³/mol. The molecule has 2 atom stereocenters. The van der Waals surface area contributed by atoms with Gasteiger partial charge in [0.2, 0.25) is 0 Å². The molecule has 2 aliphatic rings. The Morgan fingerprint density at radius 1 is 1.16 bits per heavy atom. The lowest BCUT2D eigenvalue weighted by Crippen LogP contribution is -2.41. The van der Waals surface area contributed by atoms with Gasteiger partial charge in [-0.3, -0.25) is 9.69 Å². The van der Waals surface area contributed by atoms with Gasteiger partial charge in [0.15, 0.2) is 0 Å². The Morgan fingerprint density at radius 2 is 1.94 bits per heavy atom. The SMILES string of the molecule is CN1C2C=C(N(CCc3c[nH]c4ccccc34)C(=O)c3ccc(Cl)cc3)CC1CC2.Cl. The summed E-state index contributed by atoms with van der Waals surface area (Å²) in [4.78, 5) is 21.3. The Hall–Kier alpha value is -2.27. The van der Waals surface area contributed by atoms with Gasteiger partial charge in [-0.2, -0.15) is 0 Å². The number of carbonyl (C=O) groups is 1. The summed E-state index contributed by atoms with van der Waals surface area (Å²) in [5.41, 5.74) is 4.24. The molecule has 6 heteroatoms. The second kappa shape index (κ2) is 9.07. The number of benzene rings is 2. The minimum absolute atomic E-state index is 0. The minimum atomic E-state index is 0. The summed E-state index contributed by atoms with van der Waals surface area (Å²) in [7, 11) is 2.20. The van der Waals surface area contributed by atoms with Gasteiger partial charge >= 0.3 is 0 Å². The standard InChI is InChI=1S/C25H26ClN3O.ClH/c1-28-20-10-11-21(28)15-22(14-20)29(25(30)17-6-8-19(26)9-7-17)13-12-18-16-27-24-5-3-2-4-23(18)24;/h2-9,14,16,20-21,27H,10-13,15H2,1H3;1H. The van der Waals surface area contributed by atoms with E-state index in [1.165, 1.54) is 29.5 Å². The Kier molecular flexibility index (Phi) is 6.42. The van der Waals surface area contributed by atoms with Crippen LogP contribution in [0, 0.1) is 0 Å². The Bertz CT molecular complexity index is 1110. The highest BCUT2D eigenvalue weighted by Crippen LogP contribution is 2.35. The van der Waals surface area contributed by atoms with Crippen molar-refractivity contribution in [3.05, 3.63) is 82.7 Å². The van der Waals surface area contributed by atoms with Gasteiger partial charge in [-0.25, -0.2) is 0 Å². The fourth-order valence-corrected chi connectivity index (χ4v) is 5.04. The van der Waals surface area contributed by atoms with Crippen molar-refractivity contribution < 1.29 is 4.79 Å². The molecule has 1 amide bonds. The average Bonchev–Trinajstić information content (AvgIpc) is 3.24. The first kappa shape index (κ1) is 21.9. The summed E-state index contributed by atoms with van der Waals surface area (Å²) < 4.78 is 0. The molecule has 31 heavy (non-hydrogen) atoms. The van der Waals surface area contributed by atoms with E-state index in [0.717, 1.165) is 18.4 Å². The Morgan fingerprint density at radius 3 is 2.71 bits per heavy atom. The van der Waals surface area contributed by atoms with Gasteiger partial charge in [-0.1, -0.05) is 29.8 Å². The first-order valence-corrected chi connectivity index (χ1v) is 11.0. The van der Waals surface area contributed by atoms with E-state index in [0.29, 0.717) is 29.2 Å². The topological polar surface area (TPSA) is 39.3 Å². The van der Waals surface area contributed by atoms with E-state index in [2.05, 4.69) is 47.4 Å². The number of aromatic amines is 1. The van der Waals surface area contributed by atoms with Crippen LogP contribution in [0.1, 0.15) is 35.2 Å². The number of hydrogen-bond acceptors (Lipinski definition) is 2. The molecule has 2 aromatic carbocycles. The normalized spacial score (nSPS) is 20.4. The first-order valence-electron chi connectivity index (χ1n) is 10.7. The van der Waals surface area contributed by atoms with Crippen LogP contribution < -0.4 is 0 Å². The van der Waals surface area contributed by atoms with Crippen molar-refractivity contribution in [2.75, 3.05) is 13.6 Å². The van der Waals surface area contributed by atoms with Crippen molar-refractivity contribution in [3.63, 3.8) is 0 Å². The maximum atomic E-state index is 13.5. The zero-order valence-electron chi connectivity index (χ0n) is 17.6. The van der Waals surface area contributed by atoms with Crippen LogP contribution in [0.3, 0.4) is 0 Å². The number of rotatable bonds is 5. The lowest BCUT2D eigenvalue weighted by molar-refractivity contribution is 0.0788. The van der Waals surface area contributed by atoms with Crippen molar-refractivity contribution in [2.45, 2.75) is 37.8 Å². The number of carbonyl (C=O) groups excluding carboxylic acids is 1. The molecule has 1 saturated heterocycles. The average molecular weight is 456 g/mol. The number of nitrogens with zero attached hydrogens (tertiary/aromatic N) is 2. The quantitative estimate of drug-likeness (QED) is 0.537. The minimum Gasteiger partial charge on any atom is -0.361 e. The van der Waals surface area contributed by atoms with Gasteiger partial charge < -0.3 is 9.88 Å². The van der Waals surface area contributed by atoms with Crippen molar-refractivity contribution in [1.29, 1.82) is 0 Å². The summed E-state index contributed by atoms with van der Waals surface area (Å²) in [6.07, 6.45) is 8.50. The number of likely N-dealkylation sites (N-methyl/N-ethyl adjacent to an activating group) is 1. The molecule has 1 aromatic heterocycles. The monoisotopic (exact) mass is 455 g/mol. The second-order valence-electron chi connectivity index (χ2n) is 8.40. The number of halogens is 2. The Labute approximate surface area is 194 Å². The molecular formula is C25H27Cl2N3O. The molecule has 3 aromatic rings. The lowest BCUT2D eigenvalue weighted by Gasteiger charge is -2.35. The predicted octanol–water partition coefficient (Wildman–Crippen LogP) is 5.68. The van der Waals surface area contributed by atoms with Crippen LogP contribution in [0.25, 0.3) is 10.9 Å². The molecule has 0 radical (unpaired) electrons. The van der Waals surface area contributed by atoms with Crippen molar-refractivity contribution >= 4 is 40.8 Å². The van der Waals surface area contributed by atoms with Crippen LogP contribution in [0.15, 0.2) is 66.5 Å². The van der Waals surface area contributed by atoms with Gasteiger partial charge in [0.25, 0.3) is 5.91 Å². The molecule has 0 spiro atoms. The number of amides is 1. The van der Waals surface area contributed by atoms with E-state index in [1.54, 1.807) is 12.1 Å². The van der Waals surface area contributed by atoms with Crippen molar-refractivity contribution in [3.8, 4) is 0 Å². The molecule has 4 nitrogen and oxygen atoms in total. The van der Waals surface area contributed by atoms with Gasteiger partial charge in [0.05, 0.1) is 0 Å². The van der Waals surface area contributed by atoms with E-state index in [9.17, 15) is 4.79 Å². The van der Waals surface area contributed by atoms with Gasteiger partial charge in [-0.05, 0) is 68.3 Å². The van der Waals surface area contributed by atoms with Gasteiger partial charge in [0.1, 0.15) is 0 Å². The first-order chi connectivity index (χ1) is 14.6. The number of H-pyrrole nitrogens is 1. The summed E-state index contributed by atoms with van der Waals surface area (Å²) in [6.45, 7) is 0.665. The molecular weight excluding hydrogens is 429 g/mol. The second-order valence-corrected chi connectivity index (χ2v) is 8.84. The number of para-hydroxylation sites is 1. The molecule has 162 valence electrons. The van der Waals surface area contributed by atoms with Crippen LogP contribution in [0.2, 0.25) is 5.02 Å². The van der Waals surface area contributed by atoms with Crippen LogP contribution in [0.4, 0.5) is 0 Å². The van der Waals surface area contributed by atoms with Crippen molar-refractivity contribution in [2.24, 2.45) is 0 Å². The molecule has 3 heterocycles. The highest BCUT2D eigenvalue weighted by molar-refractivity contribution is 6.30. The van der Waals surface area contributed by atoms with Crippen LogP contribution >= 0.6 is 24.0 Å². The van der Waals surface area contributed by atoms with E-state index >= 15 is 0 Å². The molecule has 1 N–H and O–H groups in total. The highest BCUT2D eigenvalue weighted by Gasteiger charge is 2.36. The van der Waals surface area contributed by atoms with E-state index in [1.807, 2.05) is 23.1 Å². The van der Waals surface area contributed by atoms with Gasteiger partial charge in [0, 0.05) is 58.4 Å². The van der Waals surface area contributed by atoms with Crippen molar-refractivity contribution in [1.82, 2.24) is 14.8 Å². The molecule has 1 fully saturated rings. The molecule has 2 unspecified atom stereocenters. The summed E-state index contributed by atoms with van der Waals surface area (Å²) in [5.74, 6) is 0.0571. The number of fused-ring (bicyclic) bond motifs is 3. The zero-order chi connectivity index (χ0) is 20.7. The maximum absolute atomic E-state index is 13.5. The third kappa shape index (κ3) is 4.25. The lowest BCUT2D eigenvalue weighted by atomic mass is 10.0. The summed E-state index contributed by atoms with van der Waals surface area (Å²) >= 11 is 6.05. The molecule has 0 saturated carbocycles. The van der Waals surface area contributed by atoms with Crippen LogP contribution in [-0.4, -0.2) is 46.4 Å².